The fourth-order valence-electron chi connectivity index (χ4n) is 4.38. The lowest BCUT2D eigenvalue weighted by molar-refractivity contribution is -0.140. The highest BCUT2D eigenvalue weighted by atomic mass is 19.1. The summed E-state index contributed by atoms with van der Waals surface area (Å²) in [6.07, 6.45) is 1.73. The minimum atomic E-state index is -0.520. The Morgan fingerprint density at radius 3 is 2.46 bits per heavy atom. The summed E-state index contributed by atoms with van der Waals surface area (Å²) in [5.41, 5.74) is 3.62. The standard InChI is InChI=1S/C29H28FN3O4/c1-3-37-29(36)27-19(2)33(26(34)16-25(27)21-11-13-23(30)14-12-21)18-20-7-9-22(10-8-20)28(35)32-17-24-6-4-5-15-31-24/h4-15,25H,3,16-18H2,1-2H3,(H,32,35). The molecule has 1 aromatic heterocycles. The fraction of sp³-hybridized carbons (Fsp3) is 0.241. The van der Waals surface area contributed by atoms with Gasteiger partial charge in [0.05, 0.1) is 31.0 Å². The Bertz CT molecular complexity index is 1310. The topological polar surface area (TPSA) is 88.6 Å². The average molecular weight is 502 g/mol. The maximum atomic E-state index is 13.5. The van der Waals surface area contributed by atoms with Gasteiger partial charge in [-0.1, -0.05) is 30.3 Å². The van der Waals surface area contributed by atoms with Gasteiger partial charge in [0, 0.05) is 29.8 Å². The number of allylic oxidation sites excluding steroid dienone is 1. The van der Waals surface area contributed by atoms with Gasteiger partial charge in [0.1, 0.15) is 5.82 Å². The van der Waals surface area contributed by atoms with Crippen LogP contribution in [-0.4, -0.2) is 34.3 Å². The number of hydrogen-bond acceptors (Lipinski definition) is 5. The largest absolute Gasteiger partial charge is 0.463 e. The van der Waals surface area contributed by atoms with Crippen LogP contribution in [0.1, 0.15) is 53.4 Å². The van der Waals surface area contributed by atoms with Gasteiger partial charge >= 0.3 is 5.97 Å². The minimum Gasteiger partial charge on any atom is -0.463 e. The summed E-state index contributed by atoms with van der Waals surface area (Å²) in [5, 5.41) is 2.84. The number of nitrogens with one attached hydrogen (secondary N) is 1. The van der Waals surface area contributed by atoms with Gasteiger partial charge in [-0.15, -0.1) is 0 Å². The van der Waals surface area contributed by atoms with Crippen LogP contribution >= 0.6 is 0 Å². The van der Waals surface area contributed by atoms with Gasteiger partial charge in [-0.05, 0) is 61.4 Å². The molecule has 8 heteroatoms. The third-order valence-corrected chi connectivity index (χ3v) is 6.30. The number of hydrogen-bond donors (Lipinski definition) is 1. The Balaban J connectivity index is 1.52. The molecule has 1 N–H and O–H groups in total. The van der Waals surface area contributed by atoms with Crippen molar-refractivity contribution in [2.24, 2.45) is 0 Å². The van der Waals surface area contributed by atoms with E-state index in [0.717, 1.165) is 11.3 Å². The average Bonchev–Trinajstić information content (AvgIpc) is 2.91. The van der Waals surface area contributed by atoms with E-state index in [1.807, 2.05) is 18.2 Å². The number of rotatable bonds is 8. The Labute approximate surface area is 215 Å². The maximum absolute atomic E-state index is 13.5. The number of benzene rings is 2. The van der Waals surface area contributed by atoms with Crippen LogP contribution in [0.25, 0.3) is 0 Å². The molecule has 0 bridgehead atoms. The second-order valence-electron chi connectivity index (χ2n) is 8.71. The number of carbonyl (C=O) groups is 3. The van der Waals surface area contributed by atoms with Crippen LogP contribution in [-0.2, 0) is 27.4 Å². The van der Waals surface area contributed by atoms with Crippen molar-refractivity contribution in [1.82, 2.24) is 15.2 Å². The molecule has 2 aromatic carbocycles. The molecule has 0 radical (unpaired) electrons. The number of halogens is 1. The predicted octanol–water partition coefficient (Wildman–Crippen LogP) is 4.50. The number of amides is 2. The highest BCUT2D eigenvalue weighted by Gasteiger charge is 2.36. The van der Waals surface area contributed by atoms with E-state index in [1.165, 1.54) is 12.1 Å². The molecule has 0 fully saturated rings. The van der Waals surface area contributed by atoms with Crippen molar-refractivity contribution in [3.8, 4) is 0 Å². The molecular formula is C29H28FN3O4. The lowest BCUT2D eigenvalue weighted by Gasteiger charge is -2.34. The van der Waals surface area contributed by atoms with Crippen molar-refractivity contribution in [3.05, 3.63) is 112 Å². The molecule has 0 saturated carbocycles. The van der Waals surface area contributed by atoms with Crippen LogP contribution in [0.4, 0.5) is 4.39 Å². The summed E-state index contributed by atoms with van der Waals surface area (Å²) >= 11 is 0. The second kappa shape index (κ2) is 11.6. The summed E-state index contributed by atoms with van der Waals surface area (Å²) in [7, 11) is 0. The van der Waals surface area contributed by atoms with E-state index in [1.54, 1.807) is 61.3 Å². The first kappa shape index (κ1) is 25.8. The molecule has 0 saturated heterocycles. The van der Waals surface area contributed by atoms with E-state index >= 15 is 0 Å². The number of carbonyl (C=O) groups excluding carboxylic acids is 3. The monoisotopic (exact) mass is 501 g/mol. The molecule has 1 aliphatic heterocycles. The first-order chi connectivity index (χ1) is 17.9. The van der Waals surface area contributed by atoms with Crippen molar-refractivity contribution in [2.75, 3.05) is 6.61 Å². The number of nitrogens with zero attached hydrogens (tertiary/aromatic N) is 2. The van der Waals surface area contributed by atoms with Crippen molar-refractivity contribution in [2.45, 2.75) is 39.3 Å². The van der Waals surface area contributed by atoms with E-state index < -0.39 is 11.9 Å². The zero-order valence-electron chi connectivity index (χ0n) is 20.7. The van der Waals surface area contributed by atoms with Gasteiger partial charge in [-0.2, -0.15) is 0 Å². The van der Waals surface area contributed by atoms with E-state index in [-0.39, 0.29) is 37.2 Å². The zero-order chi connectivity index (χ0) is 26.4. The second-order valence-corrected chi connectivity index (χ2v) is 8.71. The molecule has 2 amide bonds. The first-order valence-electron chi connectivity index (χ1n) is 12.1. The van der Waals surface area contributed by atoms with Crippen molar-refractivity contribution >= 4 is 17.8 Å². The molecule has 1 aliphatic rings. The number of pyridine rings is 1. The normalized spacial score (nSPS) is 15.5. The quantitative estimate of drug-likeness (QED) is 0.459. The molecule has 3 aromatic rings. The third kappa shape index (κ3) is 6.09. The third-order valence-electron chi connectivity index (χ3n) is 6.30. The Morgan fingerprint density at radius 1 is 1.08 bits per heavy atom. The first-order valence-corrected chi connectivity index (χ1v) is 12.1. The van der Waals surface area contributed by atoms with Gasteiger partial charge in [0.15, 0.2) is 0 Å². The smallest absolute Gasteiger partial charge is 0.336 e. The SMILES string of the molecule is CCOC(=O)C1=C(C)N(Cc2ccc(C(=O)NCc3ccccn3)cc2)C(=O)CC1c1ccc(F)cc1. The molecule has 0 spiro atoms. The number of ether oxygens (including phenoxy) is 1. The van der Waals surface area contributed by atoms with Gasteiger partial charge in [-0.3, -0.25) is 14.6 Å². The molecular weight excluding hydrogens is 473 g/mol. The highest BCUT2D eigenvalue weighted by Crippen LogP contribution is 2.37. The van der Waals surface area contributed by atoms with E-state index in [9.17, 15) is 18.8 Å². The van der Waals surface area contributed by atoms with Gasteiger partial charge in [0.2, 0.25) is 5.91 Å². The van der Waals surface area contributed by atoms with Crippen LogP contribution in [0.15, 0.2) is 84.2 Å². The molecule has 2 heterocycles. The molecule has 0 aliphatic carbocycles. The van der Waals surface area contributed by atoms with Crippen molar-refractivity contribution < 1.29 is 23.5 Å². The fourth-order valence-corrected chi connectivity index (χ4v) is 4.38. The van der Waals surface area contributed by atoms with Gasteiger partial charge < -0.3 is 15.0 Å². The maximum Gasteiger partial charge on any atom is 0.336 e. The summed E-state index contributed by atoms with van der Waals surface area (Å²) < 4.78 is 18.8. The minimum absolute atomic E-state index is 0.0606. The number of aromatic nitrogens is 1. The zero-order valence-corrected chi connectivity index (χ0v) is 20.7. The van der Waals surface area contributed by atoms with Crippen LogP contribution in [0.3, 0.4) is 0 Å². The highest BCUT2D eigenvalue weighted by molar-refractivity contribution is 5.96. The molecule has 1 unspecified atom stereocenters. The van der Waals surface area contributed by atoms with Crippen LogP contribution < -0.4 is 5.32 Å². The van der Waals surface area contributed by atoms with Crippen molar-refractivity contribution in [1.29, 1.82) is 0 Å². The van der Waals surface area contributed by atoms with E-state index in [4.69, 9.17) is 4.74 Å². The Hall–Kier alpha value is -4.33. The molecule has 37 heavy (non-hydrogen) atoms. The Morgan fingerprint density at radius 2 is 1.81 bits per heavy atom. The van der Waals surface area contributed by atoms with Gasteiger partial charge in [0.25, 0.3) is 5.91 Å². The lowest BCUT2D eigenvalue weighted by Crippen LogP contribution is -2.38. The van der Waals surface area contributed by atoms with Crippen LogP contribution in [0.2, 0.25) is 0 Å². The van der Waals surface area contributed by atoms with E-state index in [0.29, 0.717) is 28.9 Å². The van der Waals surface area contributed by atoms with E-state index in [2.05, 4.69) is 10.3 Å². The molecule has 4 rings (SSSR count). The molecule has 1 atom stereocenters. The molecule has 190 valence electrons. The Kier molecular flexibility index (Phi) is 8.08. The van der Waals surface area contributed by atoms with Gasteiger partial charge in [-0.25, -0.2) is 9.18 Å². The van der Waals surface area contributed by atoms with Crippen LogP contribution in [0, 0.1) is 5.82 Å². The number of esters is 1. The summed E-state index contributed by atoms with van der Waals surface area (Å²) in [6.45, 7) is 4.20. The van der Waals surface area contributed by atoms with Crippen LogP contribution in [0.5, 0.6) is 0 Å². The summed E-state index contributed by atoms with van der Waals surface area (Å²) in [6, 6.07) is 18.3. The lowest BCUT2D eigenvalue weighted by atomic mass is 9.83. The van der Waals surface area contributed by atoms with Crippen molar-refractivity contribution in [3.63, 3.8) is 0 Å². The summed E-state index contributed by atoms with van der Waals surface area (Å²) in [4.78, 5) is 44.3. The predicted molar refractivity (Wildman–Crippen MR) is 135 cm³/mol. The summed E-state index contributed by atoms with van der Waals surface area (Å²) in [5.74, 6) is -1.79. The molecule has 7 nitrogen and oxygen atoms in total.